The number of thiophene rings is 1. The fourth-order valence-electron chi connectivity index (χ4n) is 2.28. The molecule has 0 radical (unpaired) electrons. The summed E-state index contributed by atoms with van der Waals surface area (Å²) in [6, 6.07) is 5.90. The first kappa shape index (κ1) is 17.2. The monoisotopic (exact) mass is 364 g/mol. The zero-order valence-electron chi connectivity index (χ0n) is 14.0. The van der Waals surface area contributed by atoms with Crippen molar-refractivity contribution in [2.24, 2.45) is 11.1 Å². The smallest absolute Gasteiger partial charge is 0.224 e. The van der Waals surface area contributed by atoms with E-state index < -0.39 is 0 Å². The Morgan fingerprint density at radius 1 is 1.38 bits per heavy atom. The first-order chi connectivity index (χ1) is 11.3. The Labute approximate surface area is 150 Å². The van der Waals surface area contributed by atoms with Gasteiger partial charge in [-0.25, -0.2) is 4.98 Å². The molecule has 3 aromatic heterocycles. The largest absolute Gasteiger partial charge is 0.467 e. The summed E-state index contributed by atoms with van der Waals surface area (Å²) in [7, 11) is 0. The van der Waals surface area contributed by atoms with Gasteiger partial charge in [-0.3, -0.25) is 0 Å². The van der Waals surface area contributed by atoms with Crippen molar-refractivity contribution in [3.05, 3.63) is 40.4 Å². The number of anilines is 1. The van der Waals surface area contributed by atoms with Crippen molar-refractivity contribution >= 4 is 39.0 Å². The van der Waals surface area contributed by atoms with Crippen molar-refractivity contribution in [3.63, 3.8) is 0 Å². The van der Waals surface area contributed by atoms with E-state index in [1.165, 1.54) is 4.88 Å². The molecule has 0 amide bonds. The van der Waals surface area contributed by atoms with Crippen LogP contribution in [0, 0.1) is 5.41 Å². The number of nitrogens with zero attached hydrogens (tertiary/aromatic N) is 2. The maximum Gasteiger partial charge on any atom is 0.224 e. The highest BCUT2D eigenvalue weighted by Gasteiger charge is 2.22. The van der Waals surface area contributed by atoms with E-state index in [2.05, 4.69) is 42.1 Å². The van der Waals surface area contributed by atoms with Crippen molar-refractivity contribution in [3.8, 4) is 0 Å². The van der Waals surface area contributed by atoms with Gasteiger partial charge in [-0.1, -0.05) is 20.8 Å². The fraction of sp³-hybridized carbons (Fsp3) is 0.412. The van der Waals surface area contributed by atoms with Gasteiger partial charge in [-0.05, 0) is 41.6 Å². The van der Waals surface area contributed by atoms with Crippen LogP contribution in [0.2, 0.25) is 5.28 Å². The highest BCUT2D eigenvalue weighted by atomic mass is 35.5. The molecule has 0 aliphatic heterocycles. The molecule has 0 aromatic carbocycles. The Balaban J connectivity index is 1.86. The van der Waals surface area contributed by atoms with Gasteiger partial charge in [0.1, 0.15) is 11.6 Å². The van der Waals surface area contributed by atoms with Crippen LogP contribution in [-0.2, 0) is 13.0 Å². The van der Waals surface area contributed by atoms with Crippen molar-refractivity contribution in [1.82, 2.24) is 9.97 Å². The van der Waals surface area contributed by atoms with Gasteiger partial charge in [0.25, 0.3) is 0 Å². The summed E-state index contributed by atoms with van der Waals surface area (Å²) in [5.74, 6) is 1.56. The molecule has 1 atom stereocenters. The molecule has 5 nitrogen and oxygen atoms in total. The van der Waals surface area contributed by atoms with Gasteiger partial charge in [0.2, 0.25) is 5.28 Å². The highest BCUT2D eigenvalue weighted by Crippen LogP contribution is 2.33. The first-order valence-electron chi connectivity index (χ1n) is 7.81. The number of fused-ring (bicyclic) bond motifs is 1. The number of furan rings is 1. The van der Waals surface area contributed by atoms with Crippen LogP contribution in [0.15, 0.2) is 28.9 Å². The molecule has 0 bridgehead atoms. The minimum atomic E-state index is 0.0554. The van der Waals surface area contributed by atoms with Gasteiger partial charge in [0.05, 0.1) is 23.0 Å². The second kappa shape index (κ2) is 6.70. The zero-order chi connectivity index (χ0) is 17.3. The van der Waals surface area contributed by atoms with E-state index in [-0.39, 0.29) is 16.7 Å². The molecular weight excluding hydrogens is 344 g/mol. The lowest BCUT2D eigenvalue weighted by molar-refractivity contribution is 0.320. The van der Waals surface area contributed by atoms with E-state index in [1.54, 1.807) is 17.6 Å². The normalized spacial score (nSPS) is 13.4. The van der Waals surface area contributed by atoms with Crippen LogP contribution < -0.4 is 11.1 Å². The first-order valence-corrected chi connectivity index (χ1v) is 9.00. The molecule has 7 heteroatoms. The predicted octanol–water partition coefficient (Wildman–Crippen LogP) is 4.47. The number of hydrogen-bond donors (Lipinski definition) is 2. The molecule has 0 aliphatic carbocycles. The Bertz CT molecular complexity index is 823. The lowest BCUT2D eigenvalue weighted by Gasteiger charge is -2.26. The standard InChI is InChI=1S/C17H21ClN4OS/c1-17(2,3)13(19)8-11-7-12-14(24-11)15(22-16(18)21-12)20-9-10-5-4-6-23-10/h4-7,13H,8-9,19H2,1-3H3,(H,20,21,22). The molecule has 1 unspecified atom stereocenters. The predicted molar refractivity (Wildman–Crippen MR) is 99.6 cm³/mol. The van der Waals surface area contributed by atoms with Crippen LogP contribution in [-0.4, -0.2) is 16.0 Å². The number of halogens is 1. The summed E-state index contributed by atoms with van der Waals surface area (Å²) in [5, 5.41) is 3.51. The Morgan fingerprint density at radius 2 is 2.17 bits per heavy atom. The van der Waals surface area contributed by atoms with Crippen LogP contribution in [0.25, 0.3) is 10.2 Å². The number of nitrogens with one attached hydrogen (secondary N) is 1. The molecule has 24 heavy (non-hydrogen) atoms. The SMILES string of the molecule is CC(C)(C)C(N)Cc1cc2nc(Cl)nc(NCc3ccco3)c2s1. The van der Waals surface area contributed by atoms with Crippen LogP contribution in [0.3, 0.4) is 0 Å². The molecule has 0 spiro atoms. The van der Waals surface area contributed by atoms with Crippen LogP contribution in [0.5, 0.6) is 0 Å². The van der Waals surface area contributed by atoms with Gasteiger partial charge >= 0.3 is 0 Å². The Morgan fingerprint density at radius 3 is 2.83 bits per heavy atom. The molecule has 3 N–H and O–H groups in total. The molecule has 0 saturated heterocycles. The lowest BCUT2D eigenvalue weighted by atomic mass is 9.85. The maximum atomic E-state index is 6.31. The molecule has 3 aromatic rings. The minimum absolute atomic E-state index is 0.0554. The van der Waals surface area contributed by atoms with Crippen molar-refractivity contribution in [2.45, 2.75) is 39.8 Å². The van der Waals surface area contributed by atoms with Gasteiger partial charge in [-0.15, -0.1) is 11.3 Å². The molecule has 0 saturated carbocycles. The molecule has 128 valence electrons. The van der Waals surface area contributed by atoms with E-state index in [0.717, 1.165) is 28.2 Å². The van der Waals surface area contributed by atoms with Gasteiger partial charge in [0.15, 0.2) is 0 Å². The van der Waals surface area contributed by atoms with Crippen molar-refractivity contribution in [2.75, 3.05) is 5.32 Å². The van der Waals surface area contributed by atoms with E-state index >= 15 is 0 Å². The number of rotatable bonds is 5. The summed E-state index contributed by atoms with van der Waals surface area (Å²) in [5.41, 5.74) is 7.21. The van der Waals surface area contributed by atoms with Gasteiger partial charge in [-0.2, -0.15) is 4.98 Å². The quantitative estimate of drug-likeness (QED) is 0.653. The average Bonchev–Trinajstić information content (AvgIpc) is 3.12. The average molecular weight is 365 g/mol. The van der Waals surface area contributed by atoms with Crippen LogP contribution in [0.4, 0.5) is 5.82 Å². The van der Waals surface area contributed by atoms with E-state index in [1.807, 2.05) is 12.1 Å². The summed E-state index contributed by atoms with van der Waals surface area (Å²) in [4.78, 5) is 9.84. The minimum Gasteiger partial charge on any atom is -0.467 e. The van der Waals surface area contributed by atoms with E-state index in [4.69, 9.17) is 21.8 Å². The number of hydrogen-bond acceptors (Lipinski definition) is 6. The van der Waals surface area contributed by atoms with E-state index in [9.17, 15) is 0 Å². The Hall–Kier alpha value is -1.63. The lowest BCUT2D eigenvalue weighted by Crippen LogP contribution is -2.36. The summed E-state index contributed by atoms with van der Waals surface area (Å²) >= 11 is 7.72. The fourth-order valence-corrected chi connectivity index (χ4v) is 3.57. The molecule has 0 aliphatic rings. The summed E-state index contributed by atoms with van der Waals surface area (Å²) < 4.78 is 6.33. The second-order valence-corrected chi connectivity index (χ2v) is 8.35. The maximum absolute atomic E-state index is 6.31. The molecule has 3 heterocycles. The third-order valence-corrected chi connectivity index (χ3v) is 5.26. The van der Waals surface area contributed by atoms with Crippen molar-refractivity contribution in [1.29, 1.82) is 0 Å². The highest BCUT2D eigenvalue weighted by molar-refractivity contribution is 7.19. The summed E-state index contributed by atoms with van der Waals surface area (Å²) in [6.45, 7) is 7.00. The van der Waals surface area contributed by atoms with Gasteiger partial charge < -0.3 is 15.5 Å². The third kappa shape index (κ3) is 3.88. The van der Waals surface area contributed by atoms with Crippen molar-refractivity contribution < 1.29 is 4.42 Å². The molecule has 0 fully saturated rings. The number of aromatic nitrogens is 2. The summed E-state index contributed by atoms with van der Waals surface area (Å²) in [6.07, 6.45) is 2.45. The zero-order valence-corrected chi connectivity index (χ0v) is 15.5. The Kier molecular flexibility index (Phi) is 4.80. The second-order valence-electron chi connectivity index (χ2n) is 6.88. The third-order valence-electron chi connectivity index (χ3n) is 3.94. The van der Waals surface area contributed by atoms with Crippen LogP contribution in [0.1, 0.15) is 31.4 Å². The topological polar surface area (TPSA) is 77.0 Å². The molecular formula is C17H21ClN4OS. The number of nitrogens with two attached hydrogens (primary N) is 1. The van der Waals surface area contributed by atoms with E-state index in [0.29, 0.717) is 6.54 Å². The molecule has 3 rings (SSSR count). The van der Waals surface area contributed by atoms with Crippen LogP contribution >= 0.6 is 22.9 Å². The van der Waals surface area contributed by atoms with Gasteiger partial charge in [0, 0.05) is 10.9 Å².